The molecule has 0 aliphatic carbocycles. The first kappa shape index (κ1) is 22.5. The highest BCUT2D eigenvalue weighted by Crippen LogP contribution is 2.25. The third-order valence-electron chi connectivity index (χ3n) is 5.58. The molecule has 4 aromatic rings. The van der Waals surface area contributed by atoms with Gasteiger partial charge in [0.05, 0.1) is 6.54 Å². The predicted octanol–water partition coefficient (Wildman–Crippen LogP) is 3.62. The van der Waals surface area contributed by atoms with E-state index in [1.54, 1.807) is 4.57 Å². The van der Waals surface area contributed by atoms with Crippen LogP contribution in [0.4, 0.5) is 4.79 Å². The van der Waals surface area contributed by atoms with Crippen LogP contribution in [-0.2, 0) is 13.0 Å². The molecule has 0 aliphatic heterocycles. The summed E-state index contributed by atoms with van der Waals surface area (Å²) in [6, 6.07) is 17.4. The largest absolute Gasteiger partial charge is 0.465 e. The van der Waals surface area contributed by atoms with E-state index >= 15 is 0 Å². The lowest BCUT2D eigenvalue weighted by atomic mass is 10.1. The van der Waals surface area contributed by atoms with Gasteiger partial charge < -0.3 is 20.2 Å². The molecule has 0 fully saturated rings. The molecule has 4 rings (SSSR count). The van der Waals surface area contributed by atoms with Crippen molar-refractivity contribution >= 4 is 28.2 Å². The Kier molecular flexibility index (Phi) is 7.04. The highest BCUT2D eigenvalue weighted by Gasteiger charge is 2.19. The van der Waals surface area contributed by atoms with Gasteiger partial charge in [0.1, 0.15) is 16.9 Å². The Morgan fingerprint density at radius 2 is 1.88 bits per heavy atom. The summed E-state index contributed by atoms with van der Waals surface area (Å²) in [6.07, 6.45) is 0.328. The number of hydrogen-bond donors (Lipinski definition) is 3. The lowest BCUT2D eigenvalue weighted by Gasteiger charge is -2.17. The van der Waals surface area contributed by atoms with E-state index in [0.717, 1.165) is 23.3 Å². The number of benzene rings is 2. The third-order valence-corrected chi connectivity index (χ3v) is 5.58. The molecule has 172 valence electrons. The molecule has 2 aromatic carbocycles. The highest BCUT2D eigenvalue weighted by molar-refractivity contribution is 6.01. The Morgan fingerprint density at radius 3 is 2.67 bits per heavy atom. The van der Waals surface area contributed by atoms with Gasteiger partial charge in [0, 0.05) is 18.4 Å². The predicted molar refractivity (Wildman–Crippen MR) is 128 cm³/mol. The molecule has 0 saturated heterocycles. The molecule has 1 amide bonds. The van der Waals surface area contributed by atoms with Crippen molar-refractivity contribution in [1.29, 1.82) is 0 Å². The molecular weight excluding hydrogens is 420 g/mol. The van der Waals surface area contributed by atoms with Crippen LogP contribution in [0.5, 0.6) is 0 Å². The second kappa shape index (κ2) is 10.3. The summed E-state index contributed by atoms with van der Waals surface area (Å²) < 4.78 is 7.60. The molecule has 0 bridgehead atoms. The van der Waals surface area contributed by atoms with Gasteiger partial charge in [-0.05, 0) is 43.1 Å². The van der Waals surface area contributed by atoms with Crippen LogP contribution in [-0.4, -0.2) is 40.4 Å². The van der Waals surface area contributed by atoms with E-state index in [9.17, 15) is 9.59 Å². The van der Waals surface area contributed by atoms with Crippen LogP contribution in [0.3, 0.4) is 0 Å². The van der Waals surface area contributed by atoms with E-state index in [1.165, 1.54) is 0 Å². The number of hydrogen-bond acceptors (Lipinski definition) is 5. The molecule has 0 radical (unpaired) electrons. The maximum Gasteiger partial charge on any atom is 0.404 e. The standard InChI is InChI=1S/C25H28N4O4/c1-17(15-26-12-7-13-27-25(31)32)14-21-28-22-19-10-5-6-11-20(19)33-23(22)24(30)29(21)16-18-8-3-2-4-9-18/h2-6,8-11,17,26-27H,7,12-16H2,1H3,(H,31,32). The van der Waals surface area contributed by atoms with E-state index in [2.05, 4.69) is 17.6 Å². The summed E-state index contributed by atoms with van der Waals surface area (Å²) in [4.78, 5) is 28.9. The first-order chi connectivity index (χ1) is 16.0. The minimum atomic E-state index is -1.01. The number of amides is 1. The van der Waals surface area contributed by atoms with Crippen molar-refractivity contribution in [2.24, 2.45) is 5.92 Å². The second-order valence-electron chi connectivity index (χ2n) is 8.28. The van der Waals surface area contributed by atoms with E-state index < -0.39 is 6.09 Å². The molecule has 0 saturated carbocycles. The molecule has 0 spiro atoms. The van der Waals surface area contributed by atoms with E-state index in [0.29, 0.717) is 43.6 Å². The summed E-state index contributed by atoms with van der Waals surface area (Å²) in [7, 11) is 0. The van der Waals surface area contributed by atoms with Gasteiger partial charge >= 0.3 is 6.09 Å². The van der Waals surface area contributed by atoms with Crippen molar-refractivity contribution in [1.82, 2.24) is 20.2 Å². The number of fused-ring (bicyclic) bond motifs is 3. The van der Waals surface area contributed by atoms with Crippen molar-refractivity contribution < 1.29 is 14.3 Å². The number of nitrogens with zero attached hydrogens (tertiary/aromatic N) is 2. The van der Waals surface area contributed by atoms with Gasteiger partial charge in [-0.15, -0.1) is 0 Å². The van der Waals surface area contributed by atoms with Crippen molar-refractivity contribution in [3.05, 3.63) is 76.3 Å². The van der Waals surface area contributed by atoms with Crippen molar-refractivity contribution in [2.45, 2.75) is 26.3 Å². The number of furan rings is 1. The fourth-order valence-electron chi connectivity index (χ4n) is 3.94. The summed E-state index contributed by atoms with van der Waals surface area (Å²) in [5.74, 6) is 0.951. The van der Waals surface area contributed by atoms with Crippen LogP contribution in [0, 0.1) is 5.92 Å². The summed E-state index contributed by atoms with van der Waals surface area (Å²) in [5, 5.41) is 15.2. The molecule has 2 heterocycles. The first-order valence-electron chi connectivity index (χ1n) is 11.2. The highest BCUT2D eigenvalue weighted by atomic mass is 16.4. The Labute approximate surface area is 191 Å². The zero-order valence-electron chi connectivity index (χ0n) is 18.6. The number of carboxylic acid groups (broad SMARTS) is 1. The van der Waals surface area contributed by atoms with Gasteiger partial charge in [-0.2, -0.15) is 0 Å². The van der Waals surface area contributed by atoms with Gasteiger partial charge in [-0.3, -0.25) is 9.36 Å². The first-order valence-corrected chi connectivity index (χ1v) is 11.2. The fraction of sp³-hybridized carbons (Fsp3) is 0.320. The smallest absolute Gasteiger partial charge is 0.404 e. The van der Waals surface area contributed by atoms with Gasteiger partial charge in [-0.25, -0.2) is 9.78 Å². The lowest BCUT2D eigenvalue weighted by molar-refractivity contribution is 0.194. The van der Waals surface area contributed by atoms with E-state index in [4.69, 9.17) is 14.5 Å². The van der Waals surface area contributed by atoms with Gasteiger partial charge in [0.2, 0.25) is 5.58 Å². The zero-order valence-corrected chi connectivity index (χ0v) is 18.6. The Balaban J connectivity index is 1.58. The summed E-state index contributed by atoms with van der Waals surface area (Å²) in [5.41, 5.74) is 2.40. The molecular formula is C25H28N4O4. The lowest BCUT2D eigenvalue weighted by Crippen LogP contribution is -2.30. The van der Waals surface area contributed by atoms with Crippen molar-refractivity contribution in [3.8, 4) is 0 Å². The molecule has 3 N–H and O–H groups in total. The van der Waals surface area contributed by atoms with Gasteiger partial charge in [0.25, 0.3) is 5.56 Å². The van der Waals surface area contributed by atoms with Gasteiger partial charge in [-0.1, -0.05) is 49.4 Å². The Morgan fingerprint density at radius 1 is 1.12 bits per heavy atom. The Hall–Kier alpha value is -3.65. The molecule has 1 unspecified atom stereocenters. The quantitative estimate of drug-likeness (QED) is 0.320. The second-order valence-corrected chi connectivity index (χ2v) is 8.28. The van der Waals surface area contributed by atoms with Gasteiger partial charge in [0.15, 0.2) is 0 Å². The molecule has 33 heavy (non-hydrogen) atoms. The van der Waals surface area contributed by atoms with E-state index in [1.807, 2.05) is 54.6 Å². The third kappa shape index (κ3) is 5.40. The normalized spacial score (nSPS) is 12.3. The topological polar surface area (TPSA) is 109 Å². The average molecular weight is 449 g/mol. The van der Waals surface area contributed by atoms with Crippen LogP contribution in [0.15, 0.2) is 63.8 Å². The van der Waals surface area contributed by atoms with Crippen LogP contribution in [0.1, 0.15) is 24.7 Å². The molecule has 2 aromatic heterocycles. The van der Waals surface area contributed by atoms with Crippen LogP contribution in [0.2, 0.25) is 0 Å². The summed E-state index contributed by atoms with van der Waals surface area (Å²) in [6.45, 7) is 4.40. The van der Waals surface area contributed by atoms with E-state index in [-0.39, 0.29) is 17.1 Å². The minimum absolute atomic E-state index is 0.171. The molecule has 8 nitrogen and oxygen atoms in total. The minimum Gasteiger partial charge on any atom is -0.465 e. The van der Waals surface area contributed by atoms with Crippen LogP contribution < -0.4 is 16.2 Å². The number of rotatable bonds is 10. The summed E-state index contributed by atoms with van der Waals surface area (Å²) >= 11 is 0. The van der Waals surface area contributed by atoms with Crippen molar-refractivity contribution in [3.63, 3.8) is 0 Å². The maximum atomic E-state index is 13.5. The number of carbonyl (C=O) groups is 1. The molecule has 1 atom stereocenters. The molecule has 0 aliphatic rings. The number of para-hydroxylation sites is 1. The number of nitrogens with one attached hydrogen (secondary N) is 2. The zero-order chi connectivity index (χ0) is 23.2. The number of aromatic nitrogens is 2. The van der Waals surface area contributed by atoms with Crippen molar-refractivity contribution in [2.75, 3.05) is 19.6 Å². The monoisotopic (exact) mass is 448 g/mol. The molecule has 8 heteroatoms. The average Bonchev–Trinajstić information content (AvgIpc) is 3.18. The SMILES string of the molecule is CC(CNCCCNC(=O)O)Cc1nc2c(oc3ccccc32)c(=O)n1Cc1ccccc1. The van der Waals surface area contributed by atoms with Crippen LogP contribution in [0.25, 0.3) is 22.1 Å². The fourth-order valence-corrected chi connectivity index (χ4v) is 3.94. The maximum absolute atomic E-state index is 13.5. The Bertz CT molecular complexity index is 1300. The van der Waals surface area contributed by atoms with Crippen LogP contribution >= 0.6 is 0 Å².